The number of carbonyl (C=O) groups excluding carboxylic acids is 1. The van der Waals surface area contributed by atoms with Crippen molar-refractivity contribution >= 4 is 5.91 Å². The Morgan fingerprint density at radius 1 is 0.673 bits per heavy atom. The number of carbonyl (C=O) groups is 1. The van der Waals surface area contributed by atoms with Crippen LogP contribution in [0.25, 0.3) is 0 Å². The number of rotatable bonds is 35. The van der Waals surface area contributed by atoms with Crippen LogP contribution >= 0.6 is 0 Å². The minimum absolute atomic E-state index is 0.158. The molecule has 0 radical (unpaired) electrons. The molecule has 0 bridgehead atoms. The van der Waals surface area contributed by atoms with Crippen molar-refractivity contribution in [3.63, 3.8) is 0 Å². The van der Waals surface area contributed by atoms with Crippen LogP contribution in [0.1, 0.15) is 186 Å². The Balaban J connectivity index is 1.58. The lowest BCUT2D eigenvalue weighted by atomic mass is 9.98. The lowest BCUT2D eigenvalue weighted by Gasteiger charge is -2.40. The van der Waals surface area contributed by atoms with E-state index in [2.05, 4.69) is 24.4 Å². The van der Waals surface area contributed by atoms with Gasteiger partial charge in [0.15, 0.2) is 6.29 Å². The van der Waals surface area contributed by atoms with E-state index in [1.54, 1.807) is 0 Å². The van der Waals surface area contributed by atoms with Crippen LogP contribution in [0.3, 0.4) is 0 Å². The Kier molecular flexibility index (Phi) is 29.2. The van der Waals surface area contributed by atoms with Crippen LogP contribution in [0.5, 0.6) is 0 Å². The van der Waals surface area contributed by atoms with E-state index in [9.17, 15) is 30.3 Å². The van der Waals surface area contributed by atoms with E-state index in [-0.39, 0.29) is 18.4 Å². The molecule has 1 aliphatic rings. The van der Waals surface area contributed by atoms with E-state index in [0.29, 0.717) is 6.42 Å². The van der Waals surface area contributed by atoms with Gasteiger partial charge in [0.05, 0.1) is 25.4 Å². The topological polar surface area (TPSA) is 149 Å². The SMILES string of the molecule is CCCCCCCCCCCCCCCCCCCCCCCCC(C)C(=O)N[C@@H](CO[C@H]1OC(CO)[C@H](O)C(O)C1O)[C@H](O)CCCCc1ccccc1. The summed E-state index contributed by atoms with van der Waals surface area (Å²) in [7, 11) is 0. The minimum Gasteiger partial charge on any atom is -0.394 e. The molecule has 0 saturated carbocycles. The number of aliphatic hydroxyl groups excluding tert-OH is 5. The largest absolute Gasteiger partial charge is 0.394 e. The number of amides is 1. The quantitative estimate of drug-likeness (QED) is 0.0375. The summed E-state index contributed by atoms with van der Waals surface area (Å²) < 4.78 is 11.3. The summed E-state index contributed by atoms with van der Waals surface area (Å²) in [4.78, 5) is 13.3. The highest BCUT2D eigenvalue weighted by molar-refractivity contribution is 5.78. The van der Waals surface area contributed by atoms with Gasteiger partial charge in [0.25, 0.3) is 0 Å². The van der Waals surface area contributed by atoms with E-state index in [4.69, 9.17) is 9.47 Å². The third kappa shape index (κ3) is 22.8. The molecule has 0 aromatic heterocycles. The number of hydrogen-bond donors (Lipinski definition) is 6. The molecule has 9 heteroatoms. The highest BCUT2D eigenvalue weighted by Gasteiger charge is 2.44. The fraction of sp³-hybridized carbons (Fsp3) is 0.848. The summed E-state index contributed by atoms with van der Waals surface area (Å²) in [6, 6.07) is 9.41. The maximum absolute atomic E-state index is 13.3. The average molecular weight is 778 g/mol. The van der Waals surface area contributed by atoms with Gasteiger partial charge in [-0.15, -0.1) is 0 Å². The summed E-state index contributed by atoms with van der Waals surface area (Å²) in [6.07, 6.45) is 25.4. The third-order valence-corrected chi connectivity index (χ3v) is 11.6. The zero-order valence-electron chi connectivity index (χ0n) is 35.0. The molecule has 0 aliphatic carbocycles. The molecule has 1 heterocycles. The fourth-order valence-electron chi connectivity index (χ4n) is 7.70. The van der Waals surface area contributed by atoms with Gasteiger partial charge in [-0.1, -0.05) is 192 Å². The molecule has 320 valence electrons. The van der Waals surface area contributed by atoms with Crippen molar-refractivity contribution in [3.8, 4) is 0 Å². The molecule has 1 aromatic rings. The van der Waals surface area contributed by atoms with Gasteiger partial charge < -0.3 is 40.3 Å². The fourth-order valence-corrected chi connectivity index (χ4v) is 7.70. The van der Waals surface area contributed by atoms with Gasteiger partial charge in [-0.2, -0.15) is 0 Å². The van der Waals surface area contributed by atoms with Gasteiger partial charge in [0, 0.05) is 5.92 Å². The van der Waals surface area contributed by atoms with E-state index in [0.717, 1.165) is 38.5 Å². The molecule has 1 aromatic carbocycles. The van der Waals surface area contributed by atoms with Gasteiger partial charge >= 0.3 is 0 Å². The maximum atomic E-state index is 13.3. The number of aliphatic hydroxyl groups is 5. The molecule has 55 heavy (non-hydrogen) atoms. The van der Waals surface area contributed by atoms with Gasteiger partial charge in [-0.05, 0) is 31.2 Å². The smallest absolute Gasteiger partial charge is 0.223 e. The second-order valence-corrected chi connectivity index (χ2v) is 16.6. The Bertz CT molecular complexity index is 1030. The van der Waals surface area contributed by atoms with Crippen molar-refractivity contribution in [2.45, 2.75) is 230 Å². The van der Waals surface area contributed by atoms with Crippen molar-refractivity contribution in [3.05, 3.63) is 35.9 Å². The van der Waals surface area contributed by atoms with Gasteiger partial charge in [0.1, 0.15) is 24.4 Å². The monoisotopic (exact) mass is 778 g/mol. The molecule has 4 unspecified atom stereocenters. The van der Waals surface area contributed by atoms with Crippen LogP contribution in [-0.2, 0) is 20.7 Å². The second-order valence-electron chi connectivity index (χ2n) is 16.6. The molecular weight excluding hydrogens is 695 g/mol. The van der Waals surface area contributed by atoms with Gasteiger partial charge in [-0.3, -0.25) is 4.79 Å². The first-order chi connectivity index (χ1) is 26.8. The van der Waals surface area contributed by atoms with Gasteiger partial charge in [0.2, 0.25) is 5.91 Å². The summed E-state index contributed by atoms with van der Waals surface area (Å²) >= 11 is 0. The lowest BCUT2D eigenvalue weighted by molar-refractivity contribution is -0.302. The molecule has 0 spiro atoms. The summed E-state index contributed by atoms with van der Waals surface area (Å²) in [5.41, 5.74) is 1.23. The number of benzene rings is 1. The predicted octanol–water partition coefficient (Wildman–Crippen LogP) is 8.69. The first kappa shape index (κ1) is 49.6. The van der Waals surface area contributed by atoms with Crippen LogP contribution in [0, 0.1) is 5.92 Å². The van der Waals surface area contributed by atoms with Crippen LogP contribution in [0.2, 0.25) is 0 Å². The Labute approximate surface area is 335 Å². The Morgan fingerprint density at radius 2 is 1.15 bits per heavy atom. The molecule has 1 aliphatic heterocycles. The summed E-state index contributed by atoms with van der Waals surface area (Å²) in [5.74, 6) is -0.389. The number of hydrogen-bond acceptors (Lipinski definition) is 8. The highest BCUT2D eigenvalue weighted by Crippen LogP contribution is 2.23. The van der Waals surface area contributed by atoms with E-state index < -0.39 is 49.5 Å². The third-order valence-electron chi connectivity index (χ3n) is 11.6. The molecule has 1 fully saturated rings. The molecule has 2 rings (SSSR count). The van der Waals surface area contributed by atoms with Crippen molar-refractivity contribution in [2.24, 2.45) is 5.92 Å². The standard InChI is InChI=1S/C46H83NO8/c1-3-4-5-6-7-8-9-10-11-12-13-14-15-16-17-18-19-20-21-22-23-25-30-37(2)45(53)47-39(40(49)34-29-28-33-38-31-26-24-27-32-38)36-54-46-44(52)43(51)42(50)41(35-48)55-46/h24,26-27,31-32,37,39-44,46,48-52H,3-23,25,28-30,33-36H2,1-2H3,(H,47,53)/t37?,39-,40+,41?,42-,43?,44?,46-/m0/s1. The first-order valence-electron chi connectivity index (χ1n) is 22.7. The van der Waals surface area contributed by atoms with Crippen LogP contribution in [0.4, 0.5) is 0 Å². The Morgan fingerprint density at radius 3 is 1.64 bits per heavy atom. The zero-order chi connectivity index (χ0) is 39.9. The average Bonchev–Trinajstić information content (AvgIpc) is 3.19. The molecule has 6 N–H and O–H groups in total. The van der Waals surface area contributed by atoms with Gasteiger partial charge in [-0.25, -0.2) is 0 Å². The number of unbranched alkanes of at least 4 members (excludes halogenated alkanes) is 22. The molecule has 9 nitrogen and oxygen atoms in total. The van der Waals surface area contributed by atoms with Crippen LogP contribution < -0.4 is 5.32 Å². The van der Waals surface area contributed by atoms with Crippen molar-refractivity contribution in [1.82, 2.24) is 5.32 Å². The number of nitrogens with one attached hydrogen (secondary N) is 1. The maximum Gasteiger partial charge on any atom is 0.223 e. The second kappa shape index (κ2) is 32.4. The minimum atomic E-state index is -1.56. The van der Waals surface area contributed by atoms with Crippen molar-refractivity contribution < 1.29 is 39.8 Å². The van der Waals surface area contributed by atoms with Crippen molar-refractivity contribution in [2.75, 3.05) is 13.2 Å². The predicted molar refractivity (Wildman–Crippen MR) is 223 cm³/mol. The van der Waals surface area contributed by atoms with Crippen LogP contribution in [0.15, 0.2) is 30.3 Å². The molecule has 1 amide bonds. The van der Waals surface area contributed by atoms with E-state index in [1.807, 2.05) is 25.1 Å². The molecule has 8 atom stereocenters. The van der Waals surface area contributed by atoms with Crippen LogP contribution in [-0.4, -0.2) is 87.5 Å². The lowest BCUT2D eigenvalue weighted by Crippen LogP contribution is -2.60. The normalized spacial score (nSPS) is 21.7. The van der Waals surface area contributed by atoms with E-state index in [1.165, 1.54) is 134 Å². The summed E-state index contributed by atoms with van der Waals surface area (Å²) in [5, 5.41) is 54.4. The summed E-state index contributed by atoms with van der Waals surface area (Å²) in [6.45, 7) is 3.46. The Hall–Kier alpha value is -1.59. The number of aryl methyl sites for hydroxylation is 1. The highest BCUT2D eigenvalue weighted by atomic mass is 16.7. The molecule has 1 saturated heterocycles. The van der Waals surface area contributed by atoms with E-state index >= 15 is 0 Å². The molecular formula is C46H83NO8. The first-order valence-corrected chi connectivity index (χ1v) is 22.7. The van der Waals surface area contributed by atoms with Crippen molar-refractivity contribution in [1.29, 1.82) is 0 Å². The zero-order valence-corrected chi connectivity index (χ0v) is 35.0. The number of ether oxygens (including phenoxy) is 2.